The fourth-order valence-corrected chi connectivity index (χ4v) is 4.93. The summed E-state index contributed by atoms with van der Waals surface area (Å²) in [5.41, 5.74) is -0.652. The predicted octanol–water partition coefficient (Wildman–Crippen LogP) is 2.57. The van der Waals surface area contributed by atoms with Crippen molar-refractivity contribution in [3.05, 3.63) is 0 Å². The maximum atomic E-state index is 6.08. The van der Waals surface area contributed by atoms with Crippen molar-refractivity contribution in [1.82, 2.24) is 0 Å². The topological polar surface area (TPSA) is 36.9 Å². The minimum absolute atomic E-state index is 0.326. The van der Waals surface area contributed by atoms with Gasteiger partial charge in [-0.1, -0.05) is 0 Å². The molecule has 0 aliphatic rings. The molecule has 0 aromatic carbocycles. The molecule has 104 valence electrons. The molecule has 0 unspecified atom stereocenters. The summed E-state index contributed by atoms with van der Waals surface area (Å²) in [4.78, 5) is 0. The lowest BCUT2D eigenvalue weighted by Gasteiger charge is -2.39. The molecule has 0 bridgehead atoms. The van der Waals surface area contributed by atoms with Crippen molar-refractivity contribution in [3.63, 3.8) is 0 Å². The van der Waals surface area contributed by atoms with Crippen LogP contribution in [0.4, 0.5) is 0 Å². The van der Waals surface area contributed by atoms with Crippen molar-refractivity contribution < 1.29 is 18.3 Å². The molecule has 0 heterocycles. The normalized spacial score (nSPS) is 14.1. The van der Waals surface area contributed by atoms with Gasteiger partial charge in [0.15, 0.2) is 0 Å². The van der Waals surface area contributed by atoms with Crippen molar-refractivity contribution in [2.24, 2.45) is 0 Å². The molecule has 0 N–H and O–H groups in total. The van der Waals surface area contributed by atoms with Gasteiger partial charge in [-0.05, 0) is 40.8 Å². The molecular formula is C12H28O4Si. The Kier molecular flexibility index (Phi) is 6.31. The van der Waals surface area contributed by atoms with Crippen LogP contribution >= 0.6 is 0 Å². The van der Waals surface area contributed by atoms with Gasteiger partial charge in [-0.25, -0.2) is 0 Å². The van der Waals surface area contributed by atoms with Crippen LogP contribution in [0.5, 0.6) is 0 Å². The van der Waals surface area contributed by atoms with E-state index in [4.69, 9.17) is 18.3 Å². The van der Waals surface area contributed by atoms with Gasteiger partial charge in [-0.3, -0.25) is 0 Å². The van der Waals surface area contributed by atoms with Crippen LogP contribution in [0, 0.1) is 0 Å². The fourth-order valence-electron chi connectivity index (χ4n) is 2.11. The SMILES string of the molecule is COCC(C)(C)O[Si](C)(C)OC(C)(C)COC. The van der Waals surface area contributed by atoms with Crippen LogP contribution in [-0.4, -0.2) is 47.2 Å². The first kappa shape index (κ1) is 17.1. The summed E-state index contributed by atoms with van der Waals surface area (Å²) in [6.45, 7) is 13.2. The highest BCUT2D eigenvalue weighted by Gasteiger charge is 2.38. The maximum absolute atomic E-state index is 6.08. The lowest BCUT2D eigenvalue weighted by Crippen LogP contribution is -2.51. The Morgan fingerprint density at radius 2 is 1.06 bits per heavy atom. The number of ether oxygens (including phenoxy) is 2. The summed E-state index contributed by atoms with van der Waals surface area (Å²) in [6, 6.07) is 0. The van der Waals surface area contributed by atoms with Crippen LogP contribution in [-0.2, 0) is 18.3 Å². The van der Waals surface area contributed by atoms with Gasteiger partial charge in [0.2, 0.25) is 0 Å². The molecule has 0 fully saturated rings. The Labute approximate surface area is 107 Å². The molecule has 0 atom stereocenters. The molecule has 0 aliphatic heterocycles. The zero-order valence-electron chi connectivity index (χ0n) is 12.5. The maximum Gasteiger partial charge on any atom is 0.332 e. The Balaban J connectivity index is 4.47. The van der Waals surface area contributed by atoms with Crippen molar-refractivity contribution in [1.29, 1.82) is 0 Å². The molecule has 0 saturated carbocycles. The molecule has 0 aromatic heterocycles. The van der Waals surface area contributed by atoms with Gasteiger partial charge in [0, 0.05) is 14.2 Å². The summed E-state index contributed by atoms with van der Waals surface area (Å²) >= 11 is 0. The molecule has 0 aromatic rings. The third-order valence-electron chi connectivity index (χ3n) is 2.03. The molecule has 0 rings (SSSR count). The van der Waals surface area contributed by atoms with E-state index in [1.54, 1.807) is 14.2 Å². The van der Waals surface area contributed by atoms with Crippen molar-refractivity contribution in [2.75, 3.05) is 27.4 Å². The molecule has 0 aliphatic carbocycles. The van der Waals surface area contributed by atoms with E-state index in [-0.39, 0.29) is 11.2 Å². The molecule has 0 spiro atoms. The Hall–Kier alpha value is 0.0569. The van der Waals surface area contributed by atoms with Crippen LogP contribution in [0.2, 0.25) is 13.1 Å². The van der Waals surface area contributed by atoms with Gasteiger partial charge in [0.25, 0.3) is 0 Å². The van der Waals surface area contributed by atoms with Crippen LogP contribution in [0.15, 0.2) is 0 Å². The third-order valence-corrected chi connectivity index (χ3v) is 4.12. The van der Waals surface area contributed by atoms with Gasteiger partial charge >= 0.3 is 8.56 Å². The van der Waals surface area contributed by atoms with E-state index < -0.39 is 8.56 Å². The fraction of sp³-hybridized carbons (Fsp3) is 1.00. The lowest BCUT2D eigenvalue weighted by molar-refractivity contribution is -0.0508. The Bertz CT molecular complexity index is 205. The third kappa shape index (κ3) is 7.89. The highest BCUT2D eigenvalue weighted by atomic mass is 28.4. The van der Waals surface area contributed by atoms with Crippen molar-refractivity contribution in [3.8, 4) is 0 Å². The molecule has 0 saturated heterocycles. The van der Waals surface area contributed by atoms with Gasteiger partial charge in [-0.2, -0.15) is 0 Å². The van der Waals surface area contributed by atoms with Gasteiger partial charge < -0.3 is 18.3 Å². The minimum atomic E-state index is -2.21. The molecule has 5 heteroatoms. The van der Waals surface area contributed by atoms with Gasteiger partial charge in [0.1, 0.15) is 0 Å². The standard InChI is InChI=1S/C12H28O4Si/c1-11(2,9-13-5)15-17(7,8)16-12(3,4)10-14-6/h9-10H2,1-8H3. The molecular weight excluding hydrogens is 236 g/mol. The van der Waals surface area contributed by atoms with Gasteiger partial charge in [0.05, 0.1) is 24.4 Å². The summed E-state index contributed by atoms with van der Waals surface area (Å²) in [5.74, 6) is 0. The zero-order chi connectivity index (χ0) is 13.7. The first-order chi connectivity index (χ1) is 7.54. The Morgan fingerprint density at radius 3 is 1.29 bits per heavy atom. The van der Waals surface area contributed by atoms with E-state index in [9.17, 15) is 0 Å². The van der Waals surface area contributed by atoms with Gasteiger partial charge in [-0.15, -0.1) is 0 Å². The first-order valence-corrected chi connectivity index (χ1v) is 8.73. The second-order valence-corrected chi connectivity index (χ2v) is 9.20. The number of methoxy groups -OCH3 is 2. The average molecular weight is 264 g/mol. The van der Waals surface area contributed by atoms with E-state index >= 15 is 0 Å². The second kappa shape index (κ2) is 6.29. The zero-order valence-corrected chi connectivity index (χ0v) is 13.5. The summed E-state index contributed by atoms with van der Waals surface area (Å²) in [6.07, 6.45) is 0. The van der Waals surface area contributed by atoms with E-state index in [0.717, 1.165) is 0 Å². The smallest absolute Gasteiger partial charge is 0.332 e. The highest BCUT2D eigenvalue weighted by Crippen LogP contribution is 2.24. The molecule has 4 nitrogen and oxygen atoms in total. The minimum Gasteiger partial charge on any atom is -0.387 e. The molecule has 0 amide bonds. The van der Waals surface area contributed by atoms with E-state index in [1.165, 1.54) is 0 Å². The van der Waals surface area contributed by atoms with Crippen LogP contribution in [0.3, 0.4) is 0 Å². The number of hydrogen-bond acceptors (Lipinski definition) is 4. The number of hydrogen-bond donors (Lipinski definition) is 0. The van der Waals surface area contributed by atoms with E-state index in [1.807, 2.05) is 40.8 Å². The predicted molar refractivity (Wildman–Crippen MR) is 71.6 cm³/mol. The van der Waals surface area contributed by atoms with Crippen LogP contribution < -0.4 is 0 Å². The number of rotatable bonds is 8. The summed E-state index contributed by atoms with van der Waals surface area (Å²) in [5, 5.41) is 0. The monoisotopic (exact) mass is 264 g/mol. The van der Waals surface area contributed by atoms with E-state index in [0.29, 0.717) is 13.2 Å². The quantitative estimate of drug-likeness (QED) is 0.631. The van der Waals surface area contributed by atoms with Crippen LogP contribution in [0.1, 0.15) is 27.7 Å². The van der Waals surface area contributed by atoms with E-state index in [2.05, 4.69) is 0 Å². The summed E-state index contributed by atoms with van der Waals surface area (Å²) < 4.78 is 22.5. The largest absolute Gasteiger partial charge is 0.387 e. The Morgan fingerprint density at radius 1 is 0.765 bits per heavy atom. The van der Waals surface area contributed by atoms with Crippen LogP contribution in [0.25, 0.3) is 0 Å². The first-order valence-electron chi connectivity index (χ1n) is 5.92. The average Bonchev–Trinajstić information content (AvgIpc) is 1.96. The molecule has 0 radical (unpaired) electrons. The summed E-state index contributed by atoms with van der Waals surface area (Å²) in [7, 11) is 1.14. The second-order valence-electron chi connectivity index (χ2n) is 5.99. The van der Waals surface area contributed by atoms with Crippen molar-refractivity contribution in [2.45, 2.75) is 52.0 Å². The molecule has 17 heavy (non-hydrogen) atoms. The lowest BCUT2D eigenvalue weighted by atomic mass is 10.2. The highest BCUT2D eigenvalue weighted by molar-refractivity contribution is 6.64. The van der Waals surface area contributed by atoms with Crippen molar-refractivity contribution >= 4 is 8.56 Å².